The molecule has 3 aromatic rings. The molecule has 0 bridgehead atoms. The lowest BCUT2D eigenvalue weighted by molar-refractivity contribution is -0.113. The third kappa shape index (κ3) is 4.70. The van der Waals surface area contributed by atoms with Gasteiger partial charge in [-0.2, -0.15) is 0 Å². The van der Waals surface area contributed by atoms with E-state index < -0.39 is 5.97 Å². The summed E-state index contributed by atoms with van der Waals surface area (Å²) in [6, 6.07) is 1.76. The van der Waals surface area contributed by atoms with E-state index in [1.807, 2.05) is 6.92 Å². The number of H-pyrrole nitrogens is 1. The van der Waals surface area contributed by atoms with Gasteiger partial charge in [0, 0.05) is 9.75 Å². The van der Waals surface area contributed by atoms with Gasteiger partial charge in [0.1, 0.15) is 9.83 Å². The van der Waals surface area contributed by atoms with Gasteiger partial charge in [-0.3, -0.25) is 9.59 Å². The van der Waals surface area contributed by atoms with Crippen LogP contribution in [0.2, 0.25) is 0 Å². The van der Waals surface area contributed by atoms with Crippen molar-refractivity contribution in [1.82, 2.24) is 9.97 Å². The molecule has 1 aliphatic rings. The first-order valence-corrected chi connectivity index (χ1v) is 12.9. The van der Waals surface area contributed by atoms with E-state index in [0.717, 1.165) is 47.4 Å². The zero-order valence-electron chi connectivity index (χ0n) is 17.3. The molecule has 10 heteroatoms. The van der Waals surface area contributed by atoms with Crippen molar-refractivity contribution >= 4 is 61.5 Å². The van der Waals surface area contributed by atoms with E-state index in [1.54, 1.807) is 24.3 Å². The van der Waals surface area contributed by atoms with Crippen LogP contribution in [0.5, 0.6) is 0 Å². The number of aromatic nitrogens is 2. The molecule has 2 N–H and O–H groups in total. The van der Waals surface area contributed by atoms with Gasteiger partial charge in [0.2, 0.25) is 5.91 Å². The summed E-state index contributed by atoms with van der Waals surface area (Å²) in [5.41, 5.74) is 1.38. The van der Waals surface area contributed by atoms with Gasteiger partial charge in [0.15, 0.2) is 5.16 Å². The van der Waals surface area contributed by atoms with E-state index in [1.165, 1.54) is 28.0 Å². The Hall–Kier alpha value is -2.17. The number of thiophene rings is 2. The third-order valence-electron chi connectivity index (χ3n) is 5.02. The minimum Gasteiger partial charge on any atom is -0.462 e. The molecule has 0 aromatic carbocycles. The highest BCUT2D eigenvalue weighted by Gasteiger charge is 2.21. The maximum Gasteiger partial charge on any atom is 0.341 e. The number of anilines is 1. The first-order valence-electron chi connectivity index (χ1n) is 10.3. The number of ether oxygens (including phenoxy) is 1. The second kappa shape index (κ2) is 9.54. The summed E-state index contributed by atoms with van der Waals surface area (Å²) in [7, 11) is 0. The van der Waals surface area contributed by atoms with Crippen molar-refractivity contribution in [1.29, 1.82) is 0 Å². The number of fused-ring (bicyclic) bond motifs is 3. The van der Waals surface area contributed by atoms with Gasteiger partial charge in [-0.05, 0) is 50.7 Å². The highest BCUT2D eigenvalue weighted by atomic mass is 32.2. The number of carbonyl (C=O) groups is 2. The second-order valence-electron chi connectivity index (χ2n) is 7.13. The molecule has 0 spiro atoms. The van der Waals surface area contributed by atoms with Crippen LogP contribution in [0.15, 0.2) is 16.0 Å². The highest BCUT2D eigenvalue weighted by Crippen LogP contribution is 2.34. The molecule has 0 saturated heterocycles. The van der Waals surface area contributed by atoms with Gasteiger partial charge >= 0.3 is 5.97 Å². The molecule has 1 amide bonds. The van der Waals surface area contributed by atoms with Gasteiger partial charge < -0.3 is 15.0 Å². The van der Waals surface area contributed by atoms with Gasteiger partial charge in [-0.25, -0.2) is 9.78 Å². The number of nitrogens with one attached hydrogen (secondary N) is 2. The molecule has 0 unspecified atom stereocenters. The lowest BCUT2D eigenvalue weighted by Gasteiger charge is -2.09. The van der Waals surface area contributed by atoms with Crippen LogP contribution in [0.3, 0.4) is 0 Å². The topological polar surface area (TPSA) is 101 Å². The minimum atomic E-state index is -0.445. The monoisotopic (exact) mass is 477 g/mol. The molecular formula is C21H23N3O4S3. The Balaban J connectivity index is 1.47. The van der Waals surface area contributed by atoms with E-state index >= 15 is 0 Å². The van der Waals surface area contributed by atoms with Crippen molar-refractivity contribution in [2.75, 3.05) is 17.7 Å². The number of nitrogens with zero attached hydrogens (tertiary/aromatic N) is 1. The minimum absolute atomic E-state index is 0.0706. The highest BCUT2D eigenvalue weighted by molar-refractivity contribution is 7.99. The van der Waals surface area contributed by atoms with Crippen LogP contribution < -0.4 is 10.9 Å². The number of rotatable bonds is 7. The summed E-state index contributed by atoms with van der Waals surface area (Å²) < 4.78 is 5.09. The second-order valence-corrected chi connectivity index (χ2v) is 10.3. The van der Waals surface area contributed by atoms with Gasteiger partial charge in [0.25, 0.3) is 5.56 Å². The quantitative estimate of drug-likeness (QED) is 0.297. The fourth-order valence-corrected chi connectivity index (χ4v) is 6.56. The van der Waals surface area contributed by atoms with Crippen molar-refractivity contribution in [3.63, 3.8) is 0 Å². The normalized spacial score (nSPS) is 13.2. The largest absolute Gasteiger partial charge is 0.462 e. The zero-order chi connectivity index (χ0) is 22.0. The maximum absolute atomic E-state index is 12.6. The molecule has 0 atom stereocenters. The summed E-state index contributed by atoms with van der Waals surface area (Å²) in [6.07, 6.45) is 4.95. The smallest absolute Gasteiger partial charge is 0.341 e. The van der Waals surface area contributed by atoms with Crippen molar-refractivity contribution in [2.24, 2.45) is 0 Å². The summed E-state index contributed by atoms with van der Waals surface area (Å²) in [5, 5.41) is 4.43. The summed E-state index contributed by atoms with van der Waals surface area (Å²) in [5.74, 6) is -0.644. The fourth-order valence-electron chi connectivity index (χ4n) is 3.58. The number of thioether (sulfide) groups is 1. The van der Waals surface area contributed by atoms with Crippen molar-refractivity contribution in [3.05, 3.63) is 37.3 Å². The van der Waals surface area contributed by atoms with Gasteiger partial charge in [0.05, 0.1) is 23.3 Å². The van der Waals surface area contributed by atoms with Crippen LogP contribution in [0.1, 0.15) is 52.4 Å². The van der Waals surface area contributed by atoms with Crippen LogP contribution >= 0.6 is 34.4 Å². The first-order chi connectivity index (χ1) is 15.0. The molecule has 164 valence electrons. The average Bonchev–Trinajstić information content (AvgIpc) is 3.33. The number of carbonyl (C=O) groups excluding carboxylic acids is 2. The molecule has 3 heterocycles. The molecule has 3 aromatic heterocycles. The van der Waals surface area contributed by atoms with Crippen molar-refractivity contribution in [3.8, 4) is 0 Å². The molecular weight excluding hydrogens is 454 g/mol. The van der Waals surface area contributed by atoms with Crippen LogP contribution in [-0.4, -0.2) is 34.2 Å². The number of hydrogen-bond donors (Lipinski definition) is 2. The maximum atomic E-state index is 12.6. The SMILES string of the molecule is CCOC(=O)c1cc(CC)sc1NC(=O)CSc1nc2sc3c(c2c(=O)[nH]1)CCCC3. The van der Waals surface area contributed by atoms with E-state index in [4.69, 9.17) is 4.74 Å². The number of aromatic amines is 1. The molecule has 31 heavy (non-hydrogen) atoms. The summed E-state index contributed by atoms with van der Waals surface area (Å²) >= 11 is 4.13. The van der Waals surface area contributed by atoms with E-state index in [0.29, 0.717) is 21.1 Å². The zero-order valence-corrected chi connectivity index (χ0v) is 19.8. The Labute approximate surface area is 191 Å². The number of aryl methyl sites for hydroxylation is 3. The van der Waals surface area contributed by atoms with Crippen LogP contribution in [-0.2, 0) is 28.8 Å². The Morgan fingerprint density at radius 2 is 2.06 bits per heavy atom. The molecule has 7 nitrogen and oxygen atoms in total. The molecule has 1 aliphatic carbocycles. The van der Waals surface area contributed by atoms with E-state index in [-0.39, 0.29) is 23.8 Å². The molecule has 0 fully saturated rings. The third-order valence-corrected chi connectivity index (χ3v) is 8.28. The Kier molecular flexibility index (Phi) is 6.78. The predicted octanol–water partition coefficient (Wildman–Crippen LogP) is 4.39. The van der Waals surface area contributed by atoms with Gasteiger partial charge in [-0.1, -0.05) is 18.7 Å². The molecule has 0 radical (unpaired) electrons. The van der Waals surface area contributed by atoms with Crippen molar-refractivity contribution in [2.45, 2.75) is 51.1 Å². The summed E-state index contributed by atoms with van der Waals surface area (Å²) in [4.78, 5) is 47.7. The standard InChI is InChI=1S/C21H23N3O4S3/c1-3-11-9-13(20(27)28-4-2)18(30-11)22-15(25)10-29-21-23-17(26)16-12-7-5-6-8-14(12)31-19(16)24-21/h9H,3-8,10H2,1-2H3,(H,22,25)(H,23,24,26). The van der Waals surface area contributed by atoms with E-state index in [9.17, 15) is 14.4 Å². The Morgan fingerprint density at radius 3 is 2.84 bits per heavy atom. The Bertz CT molecular complexity index is 1190. The van der Waals surface area contributed by atoms with Crippen LogP contribution in [0.4, 0.5) is 5.00 Å². The van der Waals surface area contributed by atoms with E-state index in [2.05, 4.69) is 15.3 Å². The van der Waals surface area contributed by atoms with Gasteiger partial charge in [-0.15, -0.1) is 22.7 Å². The number of esters is 1. The number of hydrogen-bond acceptors (Lipinski definition) is 8. The average molecular weight is 478 g/mol. The first kappa shape index (κ1) is 22.0. The van der Waals surface area contributed by atoms with Crippen molar-refractivity contribution < 1.29 is 14.3 Å². The Morgan fingerprint density at radius 1 is 1.26 bits per heavy atom. The lowest BCUT2D eigenvalue weighted by Crippen LogP contribution is -2.17. The lowest BCUT2D eigenvalue weighted by atomic mass is 9.97. The number of amides is 1. The molecule has 4 rings (SSSR count). The van der Waals surface area contributed by atoms with Crippen LogP contribution in [0, 0.1) is 0 Å². The molecule has 0 saturated carbocycles. The predicted molar refractivity (Wildman–Crippen MR) is 126 cm³/mol. The molecule has 0 aliphatic heterocycles. The fraction of sp³-hybridized carbons (Fsp3) is 0.429. The summed E-state index contributed by atoms with van der Waals surface area (Å²) in [6.45, 7) is 4.00. The van der Waals surface area contributed by atoms with Crippen LogP contribution in [0.25, 0.3) is 10.2 Å².